The summed E-state index contributed by atoms with van der Waals surface area (Å²) in [7, 11) is 3.34. The van der Waals surface area contributed by atoms with Crippen LogP contribution < -0.4 is 4.74 Å². The molecule has 4 nitrogen and oxygen atoms in total. The van der Waals surface area contributed by atoms with E-state index < -0.39 is 0 Å². The number of benzene rings is 1. The van der Waals surface area contributed by atoms with Gasteiger partial charge in [-0.2, -0.15) is 0 Å². The van der Waals surface area contributed by atoms with Gasteiger partial charge in [0.25, 0.3) is 0 Å². The van der Waals surface area contributed by atoms with Crippen molar-refractivity contribution in [1.29, 1.82) is 0 Å². The molecule has 1 aromatic carbocycles. The summed E-state index contributed by atoms with van der Waals surface area (Å²) in [5, 5.41) is 9.64. The van der Waals surface area contributed by atoms with Crippen LogP contribution in [0.2, 0.25) is 0 Å². The van der Waals surface area contributed by atoms with Crippen LogP contribution in [0.15, 0.2) is 18.2 Å². The summed E-state index contributed by atoms with van der Waals surface area (Å²) in [6, 6.07) is 5.92. The number of phenols is 1. The van der Waals surface area contributed by atoms with Gasteiger partial charge in [-0.1, -0.05) is 6.07 Å². The van der Waals surface area contributed by atoms with E-state index >= 15 is 0 Å². The van der Waals surface area contributed by atoms with Crippen LogP contribution in [0.1, 0.15) is 24.9 Å². The molecule has 106 valence electrons. The third kappa shape index (κ3) is 3.19. The highest BCUT2D eigenvalue weighted by Crippen LogP contribution is 2.33. The lowest BCUT2D eigenvalue weighted by atomic mass is 10.1. The lowest BCUT2D eigenvalue weighted by Crippen LogP contribution is -2.25. The highest BCUT2D eigenvalue weighted by atomic mass is 16.5. The Morgan fingerprint density at radius 3 is 2.89 bits per heavy atom. The summed E-state index contributed by atoms with van der Waals surface area (Å²) in [5.74, 6) is 1.36. The minimum Gasteiger partial charge on any atom is -0.504 e. The molecule has 2 unspecified atom stereocenters. The molecule has 1 heterocycles. The van der Waals surface area contributed by atoms with Crippen LogP contribution in [0.5, 0.6) is 11.5 Å². The number of hydrogen-bond donors (Lipinski definition) is 1. The number of methoxy groups -OCH3 is 2. The molecule has 0 amide bonds. The molecule has 0 radical (unpaired) electrons. The van der Waals surface area contributed by atoms with E-state index in [1.165, 1.54) is 12.0 Å². The predicted octanol–water partition coefficient (Wildman–Crippen LogP) is 2.43. The molecule has 1 saturated heterocycles. The molecule has 0 spiro atoms. The van der Waals surface area contributed by atoms with Gasteiger partial charge in [0.05, 0.1) is 13.7 Å². The maximum atomic E-state index is 9.64. The molecule has 0 bridgehead atoms. The van der Waals surface area contributed by atoms with Gasteiger partial charge >= 0.3 is 0 Å². The molecule has 1 aromatic rings. The summed E-state index contributed by atoms with van der Waals surface area (Å²) < 4.78 is 10.4. The van der Waals surface area contributed by atoms with Crippen molar-refractivity contribution >= 4 is 0 Å². The Balaban J connectivity index is 2.05. The van der Waals surface area contributed by atoms with Crippen LogP contribution in [0, 0.1) is 5.92 Å². The van der Waals surface area contributed by atoms with Gasteiger partial charge in [-0.05, 0) is 43.5 Å². The number of ether oxygens (including phenoxy) is 2. The summed E-state index contributed by atoms with van der Waals surface area (Å²) in [6.07, 6.45) is 1.19. The lowest BCUT2D eigenvalue weighted by Gasteiger charge is -2.25. The van der Waals surface area contributed by atoms with Crippen molar-refractivity contribution in [2.45, 2.75) is 19.4 Å². The normalized spacial score (nSPS) is 21.5. The fourth-order valence-electron chi connectivity index (χ4n) is 2.75. The number of phenolic OH excluding ortho intramolecular Hbond substituents is 1. The highest BCUT2D eigenvalue weighted by Gasteiger charge is 2.26. The Kier molecular flexibility index (Phi) is 4.66. The smallest absolute Gasteiger partial charge is 0.160 e. The number of aromatic hydroxyl groups is 1. The molecule has 1 aliphatic rings. The van der Waals surface area contributed by atoms with Crippen LogP contribution in [-0.4, -0.2) is 43.9 Å². The van der Waals surface area contributed by atoms with Gasteiger partial charge in [-0.3, -0.25) is 4.90 Å². The Hall–Kier alpha value is -1.26. The van der Waals surface area contributed by atoms with Crippen LogP contribution in [0.4, 0.5) is 0 Å². The van der Waals surface area contributed by atoms with Crippen LogP contribution >= 0.6 is 0 Å². The van der Waals surface area contributed by atoms with Crippen LogP contribution in [0.25, 0.3) is 0 Å². The van der Waals surface area contributed by atoms with Crippen molar-refractivity contribution in [3.05, 3.63) is 23.8 Å². The van der Waals surface area contributed by atoms with E-state index in [2.05, 4.69) is 11.8 Å². The number of likely N-dealkylation sites (tertiary alicyclic amines) is 1. The molecule has 0 aromatic heterocycles. The molecule has 4 heteroatoms. The van der Waals surface area contributed by atoms with E-state index in [0.717, 1.165) is 19.7 Å². The van der Waals surface area contributed by atoms with E-state index in [1.54, 1.807) is 20.3 Å². The Bertz CT molecular complexity index is 422. The van der Waals surface area contributed by atoms with Gasteiger partial charge in [0.2, 0.25) is 0 Å². The Morgan fingerprint density at radius 2 is 2.21 bits per heavy atom. The summed E-state index contributed by atoms with van der Waals surface area (Å²) in [4.78, 5) is 2.45. The standard InChI is InChI=1S/C15H23NO3/c1-11(16-7-6-12(9-16)10-18-2)13-4-5-14(17)15(8-13)19-3/h4-5,8,11-12,17H,6-7,9-10H2,1-3H3. The first kappa shape index (κ1) is 14.2. The summed E-state index contributed by atoms with van der Waals surface area (Å²) in [6.45, 7) is 5.19. The second kappa shape index (κ2) is 6.26. The minimum atomic E-state index is 0.192. The third-order valence-corrected chi connectivity index (χ3v) is 3.95. The third-order valence-electron chi connectivity index (χ3n) is 3.95. The molecule has 19 heavy (non-hydrogen) atoms. The van der Waals surface area contributed by atoms with Gasteiger partial charge in [-0.15, -0.1) is 0 Å². The fourth-order valence-corrected chi connectivity index (χ4v) is 2.75. The first-order chi connectivity index (χ1) is 9.15. The van der Waals surface area contributed by atoms with Gasteiger partial charge in [0.15, 0.2) is 11.5 Å². The molecule has 0 aliphatic carbocycles. The van der Waals surface area contributed by atoms with Crippen molar-refractivity contribution in [1.82, 2.24) is 4.90 Å². The second-order valence-corrected chi connectivity index (χ2v) is 5.21. The van der Waals surface area contributed by atoms with Crippen molar-refractivity contribution < 1.29 is 14.6 Å². The zero-order valence-electron chi connectivity index (χ0n) is 11.9. The molecule has 2 atom stereocenters. The molecular formula is C15H23NO3. The Labute approximate surface area is 114 Å². The second-order valence-electron chi connectivity index (χ2n) is 5.21. The van der Waals surface area contributed by atoms with E-state index in [0.29, 0.717) is 17.7 Å². The monoisotopic (exact) mass is 265 g/mol. The molecule has 1 fully saturated rings. The predicted molar refractivity (Wildman–Crippen MR) is 74.6 cm³/mol. The van der Waals surface area contributed by atoms with E-state index in [-0.39, 0.29) is 5.75 Å². The summed E-state index contributed by atoms with van der Waals surface area (Å²) in [5.41, 5.74) is 1.17. The van der Waals surface area contributed by atoms with E-state index in [9.17, 15) is 5.11 Å². The maximum Gasteiger partial charge on any atom is 0.160 e. The zero-order valence-corrected chi connectivity index (χ0v) is 11.9. The van der Waals surface area contributed by atoms with Gasteiger partial charge in [0.1, 0.15) is 0 Å². The van der Waals surface area contributed by atoms with Crippen molar-refractivity contribution in [3.63, 3.8) is 0 Å². The van der Waals surface area contributed by atoms with Gasteiger partial charge in [0, 0.05) is 19.7 Å². The molecule has 1 aliphatic heterocycles. The van der Waals surface area contributed by atoms with E-state index in [4.69, 9.17) is 9.47 Å². The van der Waals surface area contributed by atoms with Crippen molar-refractivity contribution in [3.8, 4) is 11.5 Å². The average Bonchev–Trinajstić information content (AvgIpc) is 2.87. The SMILES string of the molecule is COCC1CCN(C(C)c2ccc(O)c(OC)c2)C1. The zero-order chi connectivity index (χ0) is 13.8. The average molecular weight is 265 g/mol. The van der Waals surface area contributed by atoms with Crippen molar-refractivity contribution in [2.75, 3.05) is 33.9 Å². The Morgan fingerprint density at radius 1 is 1.42 bits per heavy atom. The van der Waals surface area contributed by atoms with Crippen LogP contribution in [0.3, 0.4) is 0 Å². The molecule has 0 saturated carbocycles. The van der Waals surface area contributed by atoms with Crippen LogP contribution in [-0.2, 0) is 4.74 Å². The maximum absolute atomic E-state index is 9.64. The first-order valence-corrected chi connectivity index (χ1v) is 6.75. The van der Waals surface area contributed by atoms with Gasteiger partial charge < -0.3 is 14.6 Å². The van der Waals surface area contributed by atoms with Crippen molar-refractivity contribution in [2.24, 2.45) is 5.92 Å². The van der Waals surface area contributed by atoms with Gasteiger partial charge in [-0.25, -0.2) is 0 Å². The molecular weight excluding hydrogens is 242 g/mol. The molecule has 1 N–H and O–H groups in total. The molecule has 2 rings (SSSR count). The number of hydrogen-bond acceptors (Lipinski definition) is 4. The number of nitrogens with zero attached hydrogens (tertiary/aromatic N) is 1. The largest absolute Gasteiger partial charge is 0.504 e. The topological polar surface area (TPSA) is 41.9 Å². The summed E-state index contributed by atoms with van der Waals surface area (Å²) >= 11 is 0. The quantitative estimate of drug-likeness (QED) is 0.888. The lowest BCUT2D eigenvalue weighted by molar-refractivity contribution is 0.148. The van der Waals surface area contributed by atoms with E-state index in [1.807, 2.05) is 12.1 Å². The number of rotatable bonds is 5. The highest BCUT2D eigenvalue weighted by molar-refractivity contribution is 5.42. The fraction of sp³-hybridized carbons (Fsp3) is 0.600. The first-order valence-electron chi connectivity index (χ1n) is 6.75. The minimum absolute atomic E-state index is 0.192.